The number of ether oxygens (including phenoxy) is 1. The molecule has 0 spiro atoms. The van der Waals surface area contributed by atoms with Crippen molar-refractivity contribution in [3.63, 3.8) is 0 Å². The lowest BCUT2D eigenvalue weighted by Crippen LogP contribution is -2.47. The lowest BCUT2D eigenvalue weighted by atomic mass is 9.89. The van der Waals surface area contributed by atoms with Gasteiger partial charge in [-0.25, -0.2) is 0 Å². The van der Waals surface area contributed by atoms with Crippen molar-refractivity contribution in [2.45, 2.75) is 20.8 Å². The molecule has 0 saturated carbocycles. The fourth-order valence-electron chi connectivity index (χ4n) is 3.42. The SMILES string of the molecule is CCN(C(=O)C(C)(C)C(=O)Nc1ccccc1N1CCOCC1)c1ccccc1. The third-order valence-corrected chi connectivity index (χ3v) is 5.24. The maximum absolute atomic E-state index is 13.3. The van der Waals surface area contributed by atoms with Crippen LogP contribution in [0.5, 0.6) is 0 Å². The summed E-state index contributed by atoms with van der Waals surface area (Å²) < 4.78 is 5.43. The molecule has 2 aromatic rings. The first-order valence-corrected chi connectivity index (χ1v) is 10.1. The highest BCUT2D eigenvalue weighted by Crippen LogP contribution is 2.30. The van der Waals surface area contributed by atoms with Gasteiger partial charge in [0.15, 0.2) is 0 Å². The predicted molar refractivity (Wildman–Crippen MR) is 116 cm³/mol. The molecule has 2 aromatic carbocycles. The van der Waals surface area contributed by atoms with Crippen LogP contribution in [0, 0.1) is 5.41 Å². The number of morpholine rings is 1. The maximum atomic E-state index is 13.3. The number of carbonyl (C=O) groups excluding carboxylic acids is 2. The van der Waals surface area contributed by atoms with Crippen molar-refractivity contribution >= 4 is 28.9 Å². The van der Waals surface area contributed by atoms with E-state index < -0.39 is 5.41 Å². The Labute approximate surface area is 172 Å². The quantitative estimate of drug-likeness (QED) is 0.760. The number of nitrogens with one attached hydrogen (secondary N) is 1. The zero-order valence-corrected chi connectivity index (χ0v) is 17.4. The van der Waals surface area contributed by atoms with Crippen molar-refractivity contribution in [2.24, 2.45) is 5.41 Å². The number of para-hydroxylation sites is 3. The number of hydrogen-bond donors (Lipinski definition) is 1. The molecule has 1 N–H and O–H groups in total. The summed E-state index contributed by atoms with van der Waals surface area (Å²) in [6.07, 6.45) is 0. The Kier molecular flexibility index (Phi) is 6.54. The van der Waals surface area contributed by atoms with Gasteiger partial charge in [0.2, 0.25) is 11.8 Å². The molecule has 0 aliphatic carbocycles. The summed E-state index contributed by atoms with van der Waals surface area (Å²) in [6.45, 7) is 8.61. The van der Waals surface area contributed by atoms with Crippen molar-refractivity contribution in [3.05, 3.63) is 54.6 Å². The third kappa shape index (κ3) is 4.59. The van der Waals surface area contributed by atoms with Crippen LogP contribution in [0.1, 0.15) is 20.8 Å². The van der Waals surface area contributed by atoms with Crippen LogP contribution in [0.3, 0.4) is 0 Å². The third-order valence-electron chi connectivity index (χ3n) is 5.24. The van der Waals surface area contributed by atoms with Crippen molar-refractivity contribution < 1.29 is 14.3 Å². The first kappa shape index (κ1) is 20.9. The largest absolute Gasteiger partial charge is 0.378 e. The van der Waals surface area contributed by atoms with Gasteiger partial charge in [0, 0.05) is 25.3 Å². The van der Waals surface area contributed by atoms with Gasteiger partial charge in [0.25, 0.3) is 0 Å². The average Bonchev–Trinajstić information content (AvgIpc) is 2.76. The number of rotatable bonds is 6. The van der Waals surface area contributed by atoms with Gasteiger partial charge in [-0.05, 0) is 45.0 Å². The van der Waals surface area contributed by atoms with Crippen molar-refractivity contribution in [3.8, 4) is 0 Å². The fourth-order valence-corrected chi connectivity index (χ4v) is 3.42. The van der Waals surface area contributed by atoms with Gasteiger partial charge in [-0.15, -0.1) is 0 Å². The highest BCUT2D eigenvalue weighted by Gasteiger charge is 2.39. The van der Waals surface area contributed by atoms with Crippen LogP contribution in [0.2, 0.25) is 0 Å². The van der Waals surface area contributed by atoms with Crippen LogP contribution in [0.25, 0.3) is 0 Å². The van der Waals surface area contributed by atoms with E-state index in [1.807, 2.05) is 61.5 Å². The second-order valence-electron chi connectivity index (χ2n) is 7.58. The van der Waals surface area contributed by atoms with Crippen molar-refractivity contribution in [1.29, 1.82) is 0 Å². The summed E-state index contributed by atoms with van der Waals surface area (Å²) in [5.74, 6) is -0.551. The van der Waals surface area contributed by atoms with Crippen LogP contribution in [0.4, 0.5) is 17.1 Å². The standard InChI is InChI=1S/C23H29N3O3/c1-4-26(18-10-6-5-7-11-18)22(28)23(2,3)21(27)24-19-12-8-9-13-20(19)25-14-16-29-17-15-25/h5-13H,4,14-17H2,1-3H3,(H,24,27). The molecule has 0 radical (unpaired) electrons. The summed E-state index contributed by atoms with van der Waals surface area (Å²) in [4.78, 5) is 30.3. The van der Waals surface area contributed by atoms with Gasteiger partial charge in [-0.1, -0.05) is 30.3 Å². The first-order chi connectivity index (χ1) is 13.9. The first-order valence-electron chi connectivity index (χ1n) is 10.1. The zero-order chi connectivity index (χ0) is 20.9. The maximum Gasteiger partial charge on any atom is 0.242 e. The minimum atomic E-state index is -1.22. The molecule has 1 fully saturated rings. The highest BCUT2D eigenvalue weighted by molar-refractivity contribution is 6.15. The van der Waals surface area contributed by atoms with E-state index in [1.165, 1.54) is 0 Å². The van der Waals surface area contributed by atoms with Crippen LogP contribution < -0.4 is 15.1 Å². The van der Waals surface area contributed by atoms with E-state index in [1.54, 1.807) is 18.7 Å². The Morgan fingerprint density at radius 3 is 2.31 bits per heavy atom. The van der Waals surface area contributed by atoms with E-state index in [9.17, 15) is 9.59 Å². The van der Waals surface area contributed by atoms with Gasteiger partial charge >= 0.3 is 0 Å². The summed E-state index contributed by atoms with van der Waals surface area (Å²) in [5, 5.41) is 2.99. The minimum absolute atomic E-state index is 0.229. The second kappa shape index (κ2) is 9.09. The Hall–Kier alpha value is -2.86. The normalized spacial score (nSPS) is 14.4. The van der Waals surface area contributed by atoms with Crippen molar-refractivity contribution in [1.82, 2.24) is 0 Å². The molecular formula is C23H29N3O3. The molecule has 0 unspecified atom stereocenters. The van der Waals surface area contributed by atoms with Crippen LogP contribution >= 0.6 is 0 Å². The summed E-state index contributed by atoms with van der Waals surface area (Å²) in [5.41, 5.74) is 1.23. The smallest absolute Gasteiger partial charge is 0.242 e. The molecule has 1 saturated heterocycles. The Morgan fingerprint density at radius 2 is 1.66 bits per heavy atom. The van der Waals surface area contributed by atoms with Crippen LogP contribution in [-0.4, -0.2) is 44.7 Å². The van der Waals surface area contributed by atoms with Gasteiger partial charge in [-0.2, -0.15) is 0 Å². The Morgan fingerprint density at radius 1 is 1.03 bits per heavy atom. The summed E-state index contributed by atoms with van der Waals surface area (Å²) >= 11 is 0. The second-order valence-corrected chi connectivity index (χ2v) is 7.58. The molecule has 29 heavy (non-hydrogen) atoms. The topological polar surface area (TPSA) is 61.9 Å². The number of nitrogens with zero attached hydrogens (tertiary/aromatic N) is 2. The molecule has 1 aliphatic rings. The number of hydrogen-bond acceptors (Lipinski definition) is 4. The molecule has 1 aliphatic heterocycles. The molecule has 3 rings (SSSR count). The molecule has 6 heteroatoms. The summed E-state index contributed by atoms with van der Waals surface area (Å²) in [7, 11) is 0. The molecule has 154 valence electrons. The average molecular weight is 396 g/mol. The fraction of sp³-hybridized carbons (Fsp3) is 0.391. The lowest BCUT2D eigenvalue weighted by Gasteiger charge is -2.32. The van der Waals surface area contributed by atoms with E-state index in [0.29, 0.717) is 25.4 Å². The molecule has 0 atom stereocenters. The van der Waals surface area contributed by atoms with E-state index in [-0.39, 0.29) is 11.8 Å². The monoisotopic (exact) mass is 395 g/mol. The van der Waals surface area contributed by atoms with Gasteiger partial charge in [0.05, 0.1) is 24.6 Å². The van der Waals surface area contributed by atoms with E-state index in [2.05, 4.69) is 10.2 Å². The Balaban J connectivity index is 1.80. The van der Waals surface area contributed by atoms with Crippen LogP contribution in [0.15, 0.2) is 54.6 Å². The van der Waals surface area contributed by atoms with Gasteiger partial charge < -0.3 is 19.9 Å². The van der Waals surface area contributed by atoms with E-state index >= 15 is 0 Å². The molecular weight excluding hydrogens is 366 g/mol. The predicted octanol–water partition coefficient (Wildman–Crippen LogP) is 3.54. The van der Waals surface area contributed by atoms with Gasteiger partial charge in [-0.3, -0.25) is 9.59 Å². The molecule has 0 bridgehead atoms. The summed E-state index contributed by atoms with van der Waals surface area (Å²) in [6, 6.07) is 17.1. The minimum Gasteiger partial charge on any atom is -0.378 e. The van der Waals surface area contributed by atoms with E-state index in [4.69, 9.17) is 4.74 Å². The zero-order valence-electron chi connectivity index (χ0n) is 17.4. The number of benzene rings is 2. The molecule has 1 heterocycles. The number of carbonyl (C=O) groups is 2. The molecule has 0 aromatic heterocycles. The number of amides is 2. The van der Waals surface area contributed by atoms with Crippen LogP contribution in [-0.2, 0) is 14.3 Å². The van der Waals surface area contributed by atoms with Gasteiger partial charge in [0.1, 0.15) is 5.41 Å². The molecule has 6 nitrogen and oxygen atoms in total. The highest BCUT2D eigenvalue weighted by atomic mass is 16.5. The Bertz CT molecular complexity index is 845. The van der Waals surface area contributed by atoms with E-state index in [0.717, 1.165) is 24.5 Å². The lowest BCUT2D eigenvalue weighted by molar-refractivity contribution is -0.136. The number of anilines is 3. The molecule has 2 amide bonds. The van der Waals surface area contributed by atoms with Crippen molar-refractivity contribution in [2.75, 3.05) is 48.0 Å².